The van der Waals surface area contributed by atoms with Gasteiger partial charge in [0.2, 0.25) is 0 Å². The number of rotatable bonds is 6. The average molecular weight is 378 g/mol. The van der Waals surface area contributed by atoms with Crippen molar-refractivity contribution < 1.29 is 14.0 Å². The third-order valence-electron chi connectivity index (χ3n) is 6.87. The molecule has 4 rings (SSSR count). The molecule has 1 aliphatic carbocycles. The largest absolute Gasteiger partial charge is 0.489 e. The standard InChI is InChI=1S/C24H31BO3/c1-22(2)23(3,4)28-25(27-22)24(5,19-14-15-19)20-12-9-13-21(16-20)26-17-18-10-7-6-8-11-18/h6-13,16,19H,14-15,17H2,1-5H3. The lowest BCUT2D eigenvalue weighted by molar-refractivity contribution is 0.00578. The van der Waals surface area contributed by atoms with Crippen molar-refractivity contribution in [2.75, 3.05) is 0 Å². The summed E-state index contributed by atoms with van der Waals surface area (Å²) in [5.41, 5.74) is 1.76. The first-order valence-corrected chi connectivity index (χ1v) is 10.4. The third-order valence-corrected chi connectivity index (χ3v) is 6.87. The third kappa shape index (κ3) is 3.49. The molecule has 0 bridgehead atoms. The Hall–Kier alpha value is -1.78. The van der Waals surface area contributed by atoms with Crippen LogP contribution in [0.25, 0.3) is 0 Å². The molecule has 4 heteroatoms. The second-order valence-electron chi connectivity index (χ2n) is 9.45. The van der Waals surface area contributed by atoms with Crippen molar-refractivity contribution in [2.24, 2.45) is 5.92 Å². The zero-order chi connectivity index (χ0) is 20.0. The van der Waals surface area contributed by atoms with Crippen molar-refractivity contribution in [1.82, 2.24) is 0 Å². The van der Waals surface area contributed by atoms with Crippen LogP contribution < -0.4 is 4.74 Å². The lowest BCUT2D eigenvalue weighted by Gasteiger charge is -2.32. The fourth-order valence-corrected chi connectivity index (χ4v) is 4.00. The van der Waals surface area contributed by atoms with E-state index in [1.165, 1.54) is 24.0 Å². The van der Waals surface area contributed by atoms with Crippen LogP contribution in [0.5, 0.6) is 5.75 Å². The van der Waals surface area contributed by atoms with Gasteiger partial charge in [-0.15, -0.1) is 0 Å². The molecule has 2 aromatic rings. The monoisotopic (exact) mass is 378 g/mol. The van der Waals surface area contributed by atoms with Gasteiger partial charge in [-0.25, -0.2) is 0 Å². The van der Waals surface area contributed by atoms with Crippen molar-refractivity contribution >= 4 is 7.12 Å². The first-order chi connectivity index (χ1) is 13.2. The lowest BCUT2D eigenvalue weighted by atomic mass is 9.52. The van der Waals surface area contributed by atoms with Gasteiger partial charge in [-0.1, -0.05) is 49.4 Å². The number of benzene rings is 2. The normalized spacial score (nSPS) is 22.7. The molecule has 0 spiro atoms. The van der Waals surface area contributed by atoms with Crippen LogP contribution in [-0.4, -0.2) is 18.3 Å². The maximum absolute atomic E-state index is 6.49. The molecule has 1 aliphatic heterocycles. The maximum atomic E-state index is 6.49. The highest BCUT2D eigenvalue weighted by Crippen LogP contribution is 2.53. The summed E-state index contributed by atoms with van der Waals surface area (Å²) in [6.45, 7) is 11.4. The van der Waals surface area contributed by atoms with E-state index in [0.717, 1.165) is 5.75 Å². The minimum Gasteiger partial charge on any atom is -0.489 e. The Morgan fingerprint density at radius 2 is 1.61 bits per heavy atom. The molecule has 1 unspecified atom stereocenters. The van der Waals surface area contributed by atoms with Crippen molar-refractivity contribution in [3.8, 4) is 5.75 Å². The van der Waals surface area contributed by atoms with Crippen LogP contribution in [0.1, 0.15) is 58.6 Å². The first kappa shape index (κ1) is 19.5. The smallest absolute Gasteiger partial charge is 0.469 e. The summed E-state index contributed by atoms with van der Waals surface area (Å²) in [5, 5.41) is -0.183. The van der Waals surface area contributed by atoms with E-state index >= 15 is 0 Å². The van der Waals surface area contributed by atoms with E-state index in [9.17, 15) is 0 Å². The van der Waals surface area contributed by atoms with Gasteiger partial charge in [0.1, 0.15) is 12.4 Å². The van der Waals surface area contributed by atoms with E-state index in [1.54, 1.807) is 0 Å². The van der Waals surface area contributed by atoms with Crippen LogP contribution >= 0.6 is 0 Å². The summed E-state index contributed by atoms with van der Waals surface area (Å²) in [6, 6.07) is 18.8. The summed E-state index contributed by atoms with van der Waals surface area (Å²) in [5.74, 6) is 1.47. The van der Waals surface area contributed by atoms with Gasteiger partial charge in [0.25, 0.3) is 0 Å². The molecule has 0 aromatic heterocycles. The van der Waals surface area contributed by atoms with E-state index in [-0.39, 0.29) is 23.6 Å². The topological polar surface area (TPSA) is 27.7 Å². The average Bonchev–Trinajstić information content (AvgIpc) is 3.48. The first-order valence-electron chi connectivity index (χ1n) is 10.4. The molecule has 2 aromatic carbocycles. The predicted molar refractivity (Wildman–Crippen MR) is 113 cm³/mol. The highest BCUT2D eigenvalue weighted by atomic mass is 16.7. The van der Waals surface area contributed by atoms with Gasteiger partial charge < -0.3 is 14.0 Å². The minimum absolute atomic E-state index is 0.183. The van der Waals surface area contributed by atoms with E-state index in [2.05, 4.69) is 65.0 Å². The molecule has 1 atom stereocenters. The van der Waals surface area contributed by atoms with Crippen molar-refractivity contribution in [3.05, 3.63) is 65.7 Å². The second kappa shape index (κ2) is 6.93. The van der Waals surface area contributed by atoms with Crippen molar-refractivity contribution in [3.63, 3.8) is 0 Å². The predicted octanol–water partition coefficient (Wildman–Crippen LogP) is 5.56. The molecular weight excluding hydrogens is 347 g/mol. The molecule has 28 heavy (non-hydrogen) atoms. The van der Waals surface area contributed by atoms with E-state index in [0.29, 0.717) is 12.5 Å². The molecule has 148 valence electrons. The van der Waals surface area contributed by atoms with Crippen LogP contribution in [0.15, 0.2) is 54.6 Å². The van der Waals surface area contributed by atoms with Crippen LogP contribution in [0, 0.1) is 5.92 Å². The van der Waals surface area contributed by atoms with Gasteiger partial charge in [0.05, 0.1) is 11.2 Å². The zero-order valence-corrected chi connectivity index (χ0v) is 17.7. The molecule has 2 aliphatic rings. The number of ether oxygens (including phenoxy) is 1. The molecule has 3 nitrogen and oxygen atoms in total. The summed E-state index contributed by atoms with van der Waals surface area (Å²) in [6.07, 6.45) is 2.44. The SMILES string of the molecule is CC(B1OC(C)(C)C(C)(C)O1)(c1cccc(OCc2ccccc2)c1)C1CC1. The molecule has 1 heterocycles. The Bertz CT molecular complexity index is 813. The Morgan fingerprint density at radius 3 is 2.21 bits per heavy atom. The number of hydrogen-bond donors (Lipinski definition) is 0. The molecule has 0 N–H and O–H groups in total. The van der Waals surface area contributed by atoms with Gasteiger partial charge in [-0.3, -0.25) is 0 Å². The van der Waals surface area contributed by atoms with Crippen LogP contribution in [-0.2, 0) is 21.2 Å². The lowest BCUT2D eigenvalue weighted by Crippen LogP contribution is -2.45. The fraction of sp³-hybridized carbons (Fsp3) is 0.500. The summed E-state index contributed by atoms with van der Waals surface area (Å²) in [4.78, 5) is 0. The van der Waals surface area contributed by atoms with Gasteiger partial charge >= 0.3 is 7.12 Å². The Labute approximate surface area is 169 Å². The quantitative estimate of drug-likeness (QED) is 0.616. The highest BCUT2D eigenvalue weighted by molar-refractivity contribution is 6.50. The minimum atomic E-state index is -0.324. The van der Waals surface area contributed by atoms with Crippen LogP contribution in [0.3, 0.4) is 0 Å². The molecule has 0 radical (unpaired) electrons. The van der Waals surface area contributed by atoms with Crippen molar-refractivity contribution in [1.29, 1.82) is 0 Å². The van der Waals surface area contributed by atoms with E-state index in [4.69, 9.17) is 14.0 Å². The van der Waals surface area contributed by atoms with E-state index in [1.807, 2.05) is 24.3 Å². The van der Waals surface area contributed by atoms with Crippen LogP contribution in [0.2, 0.25) is 0 Å². The molecule has 1 saturated carbocycles. The summed E-state index contributed by atoms with van der Waals surface area (Å²) >= 11 is 0. The van der Waals surface area contributed by atoms with Gasteiger partial charge in [0, 0.05) is 5.31 Å². The molecule has 1 saturated heterocycles. The second-order valence-corrected chi connectivity index (χ2v) is 9.45. The Balaban J connectivity index is 1.59. The summed E-state index contributed by atoms with van der Waals surface area (Å²) in [7, 11) is -0.255. The highest BCUT2D eigenvalue weighted by Gasteiger charge is 2.62. The maximum Gasteiger partial charge on any atom is 0.469 e. The summed E-state index contributed by atoms with van der Waals surface area (Å²) < 4.78 is 19.1. The van der Waals surface area contributed by atoms with Gasteiger partial charge in [-0.05, 0) is 69.7 Å². The Kier molecular flexibility index (Phi) is 4.83. The number of hydrogen-bond acceptors (Lipinski definition) is 3. The molecular formula is C24H31BO3. The molecule has 0 amide bonds. The zero-order valence-electron chi connectivity index (χ0n) is 17.7. The molecule has 2 fully saturated rings. The van der Waals surface area contributed by atoms with E-state index < -0.39 is 0 Å². The Morgan fingerprint density at radius 1 is 0.964 bits per heavy atom. The van der Waals surface area contributed by atoms with Crippen molar-refractivity contribution in [2.45, 2.75) is 70.6 Å². The van der Waals surface area contributed by atoms with Crippen LogP contribution in [0.4, 0.5) is 0 Å². The fourth-order valence-electron chi connectivity index (χ4n) is 4.00. The van der Waals surface area contributed by atoms with Gasteiger partial charge in [0.15, 0.2) is 0 Å². The van der Waals surface area contributed by atoms with Gasteiger partial charge in [-0.2, -0.15) is 0 Å².